The number of thiophene rings is 1. The summed E-state index contributed by atoms with van der Waals surface area (Å²) in [6, 6.07) is 16.9. The van der Waals surface area contributed by atoms with Crippen LogP contribution in [0.3, 0.4) is 0 Å². The number of nitrogens with zero attached hydrogens (tertiary/aromatic N) is 1. The van der Waals surface area contributed by atoms with E-state index in [4.69, 9.17) is 0 Å². The fourth-order valence-electron chi connectivity index (χ4n) is 2.97. The van der Waals surface area contributed by atoms with E-state index in [1.54, 1.807) is 67.7 Å². The molecule has 0 unspecified atom stereocenters. The summed E-state index contributed by atoms with van der Waals surface area (Å²) in [5.41, 5.74) is 1.93. The van der Waals surface area contributed by atoms with E-state index in [9.17, 15) is 18.0 Å². The zero-order valence-electron chi connectivity index (χ0n) is 17.4. The van der Waals surface area contributed by atoms with Gasteiger partial charge in [-0.2, -0.15) is 0 Å². The van der Waals surface area contributed by atoms with Crippen LogP contribution in [0.5, 0.6) is 0 Å². The van der Waals surface area contributed by atoms with Gasteiger partial charge in [-0.1, -0.05) is 36.4 Å². The molecule has 0 atom stereocenters. The van der Waals surface area contributed by atoms with Crippen molar-refractivity contribution < 1.29 is 18.0 Å². The summed E-state index contributed by atoms with van der Waals surface area (Å²) in [4.78, 5) is 27.6. The fraction of sp³-hybridized carbons (Fsp3) is 0.130. The van der Waals surface area contributed by atoms with Crippen LogP contribution >= 0.6 is 11.3 Å². The first-order valence-corrected chi connectivity index (χ1v) is 12.2. The number of sulfonamides is 1. The smallest absolute Gasteiger partial charge is 0.268 e. The Kier molecular flexibility index (Phi) is 7.57. The molecule has 1 aromatic heterocycles. The molecule has 3 rings (SSSR count). The van der Waals surface area contributed by atoms with Gasteiger partial charge in [0.25, 0.3) is 11.8 Å². The molecule has 0 aliphatic heterocycles. The van der Waals surface area contributed by atoms with Crippen LogP contribution in [0.15, 0.2) is 78.7 Å². The maximum atomic E-state index is 12.9. The van der Waals surface area contributed by atoms with Gasteiger partial charge in [-0.15, -0.1) is 17.9 Å². The maximum Gasteiger partial charge on any atom is 0.268 e. The van der Waals surface area contributed by atoms with Crippen molar-refractivity contribution in [2.45, 2.75) is 5.75 Å². The van der Waals surface area contributed by atoms with Crippen molar-refractivity contribution in [2.24, 2.45) is 0 Å². The molecule has 0 bridgehead atoms. The zero-order valence-corrected chi connectivity index (χ0v) is 19.1. The van der Waals surface area contributed by atoms with Crippen molar-refractivity contribution in [2.75, 3.05) is 23.8 Å². The molecule has 0 saturated carbocycles. The van der Waals surface area contributed by atoms with Crippen LogP contribution in [0.25, 0.3) is 0 Å². The molecule has 0 spiro atoms. The number of carbonyl (C=O) groups is 2. The van der Waals surface area contributed by atoms with Crippen LogP contribution in [0.4, 0.5) is 11.4 Å². The van der Waals surface area contributed by atoms with Gasteiger partial charge >= 0.3 is 0 Å². The maximum absolute atomic E-state index is 12.9. The van der Waals surface area contributed by atoms with Crippen molar-refractivity contribution in [1.29, 1.82) is 0 Å². The Morgan fingerprint density at radius 2 is 1.78 bits per heavy atom. The van der Waals surface area contributed by atoms with E-state index in [0.29, 0.717) is 27.4 Å². The number of carbonyl (C=O) groups excluding carboxylic acids is 2. The minimum absolute atomic E-state index is 0.166. The van der Waals surface area contributed by atoms with Gasteiger partial charge in [0.2, 0.25) is 10.0 Å². The standard InChI is InChI=1S/C23H23N3O4S2/c1-3-14-24-32(29,30)16-17-10-12-18(13-11-17)25-22(27)19-7-4-5-8-20(19)26(2)23(28)21-9-6-15-31-21/h3-13,15,24H,1,14,16H2,2H3,(H,25,27). The molecule has 0 fully saturated rings. The molecule has 2 aromatic carbocycles. The monoisotopic (exact) mass is 469 g/mol. The number of hydrogen-bond acceptors (Lipinski definition) is 5. The Morgan fingerprint density at radius 3 is 2.44 bits per heavy atom. The van der Waals surface area contributed by atoms with Gasteiger partial charge in [0, 0.05) is 19.3 Å². The van der Waals surface area contributed by atoms with E-state index in [1.807, 2.05) is 5.38 Å². The highest BCUT2D eigenvalue weighted by molar-refractivity contribution is 7.88. The highest BCUT2D eigenvalue weighted by Crippen LogP contribution is 2.24. The van der Waals surface area contributed by atoms with Gasteiger partial charge in [-0.25, -0.2) is 13.1 Å². The Labute approximate surface area is 191 Å². The van der Waals surface area contributed by atoms with Crippen molar-refractivity contribution in [3.63, 3.8) is 0 Å². The van der Waals surface area contributed by atoms with Crippen LogP contribution in [0.2, 0.25) is 0 Å². The Bertz CT molecular complexity index is 1200. The number of anilines is 2. The molecule has 2 amide bonds. The average molecular weight is 470 g/mol. The molecule has 0 saturated heterocycles. The van der Waals surface area contributed by atoms with Gasteiger partial charge in [0.05, 0.1) is 21.9 Å². The Hall–Kier alpha value is -3.27. The molecule has 2 N–H and O–H groups in total. The third-order valence-corrected chi connectivity index (χ3v) is 6.74. The number of hydrogen-bond donors (Lipinski definition) is 2. The van der Waals surface area contributed by atoms with E-state index in [-0.39, 0.29) is 24.1 Å². The molecule has 166 valence electrons. The SMILES string of the molecule is C=CCNS(=O)(=O)Cc1ccc(NC(=O)c2ccccc2N(C)C(=O)c2cccs2)cc1. The lowest BCUT2D eigenvalue weighted by Gasteiger charge is -2.20. The van der Waals surface area contributed by atoms with E-state index in [0.717, 1.165) is 0 Å². The van der Waals surface area contributed by atoms with E-state index in [1.165, 1.54) is 22.3 Å². The largest absolute Gasteiger partial charge is 0.322 e. The molecule has 32 heavy (non-hydrogen) atoms. The summed E-state index contributed by atoms with van der Waals surface area (Å²) >= 11 is 1.34. The van der Waals surface area contributed by atoms with Crippen molar-refractivity contribution in [1.82, 2.24) is 4.72 Å². The molecule has 7 nitrogen and oxygen atoms in total. The molecular weight excluding hydrogens is 446 g/mol. The van der Waals surface area contributed by atoms with Crippen LogP contribution in [-0.4, -0.2) is 33.8 Å². The number of para-hydroxylation sites is 1. The van der Waals surface area contributed by atoms with Gasteiger partial charge in [-0.3, -0.25) is 9.59 Å². The van der Waals surface area contributed by atoms with Crippen molar-refractivity contribution >= 4 is 44.5 Å². The first-order valence-electron chi connectivity index (χ1n) is 9.70. The van der Waals surface area contributed by atoms with Crippen LogP contribution in [0.1, 0.15) is 25.6 Å². The molecule has 0 aliphatic rings. The van der Waals surface area contributed by atoms with Gasteiger partial charge in [0.15, 0.2) is 0 Å². The summed E-state index contributed by atoms with van der Waals surface area (Å²) in [7, 11) is -1.83. The third-order valence-electron chi connectivity index (χ3n) is 4.56. The van der Waals surface area contributed by atoms with Gasteiger partial charge in [0.1, 0.15) is 0 Å². The summed E-state index contributed by atoms with van der Waals surface area (Å²) < 4.78 is 26.4. The zero-order chi connectivity index (χ0) is 23.1. The Morgan fingerprint density at radius 1 is 1.06 bits per heavy atom. The van der Waals surface area contributed by atoms with E-state index in [2.05, 4.69) is 16.6 Å². The lowest BCUT2D eigenvalue weighted by Crippen LogP contribution is -2.28. The summed E-state index contributed by atoms with van der Waals surface area (Å²) in [6.07, 6.45) is 1.47. The highest BCUT2D eigenvalue weighted by atomic mass is 32.2. The number of rotatable bonds is 9. The number of amides is 2. The lowest BCUT2D eigenvalue weighted by atomic mass is 10.1. The molecule has 0 aliphatic carbocycles. The first-order chi connectivity index (χ1) is 15.3. The predicted octanol–water partition coefficient (Wildman–Crippen LogP) is 3.88. The second-order valence-corrected chi connectivity index (χ2v) is 9.66. The van der Waals surface area contributed by atoms with Gasteiger partial charge in [-0.05, 0) is 41.3 Å². The quantitative estimate of drug-likeness (QED) is 0.465. The summed E-state index contributed by atoms with van der Waals surface area (Å²) in [5.74, 6) is -0.747. The van der Waals surface area contributed by atoms with Crippen LogP contribution in [0, 0.1) is 0 Å². The molecule has 1 heterocycles. The highest BCUT2D eigenvalue weighted by Gasteiger charge is 2.20. The number of benzene rings is 2. The van der Waals surface area contributed by atoms with Crippen molar-refractivity contribution in [3.8, 4) is 0 Å². The van der Waals surface area contributed by atoms with Crippen LogP contribution < -0.4 is 14.9 Å². The minimum atomic E-state index is -3.46. The molecule has 9 heteroatoms. The van der Waals surface area contributed by atoms with Crippen molar-refractivity contribution in [3.05, 3.63) is 94.7 Å². The molecule has 0 radical (unpaired) electrons. The lowest BCUT2D eigenvalue weighted by molar-refractivity contribution is 0.0996. The second kappa shape index (κ2) is 10.4. The van der Waals surface area contributed by atoms with E-state index >= 15 is 0 Å². The minimum Gasteiger partial charge on any atom is -0.322 e. The molecular formula is C23H23N3O4S2. The summed E-state index contributed by atoms with van der Waals surface area (Å²) in [5, 5.41) is 4.62. The predicted molar refractivity (Wildman–Crippen MR) is 129 cm³/mol. The summed E-state index contributed by atoms with van der Waals surface area (Å²) in [6.45, 7) is 3.65. The Balaban J connectivity index is 1.73. The average Bonchev–Trinajstić information content (AvgIpc) is 3.33. The second-order valence-electron chi connectivity index (χ2n) is 6.91. The third kappa shape index (κ3) is 5.91. The normalized spacial score (nSPS) is 11.0. The van der Waals surface area contributed by atoms with E-state index < -0.39 is 10.0 Å². The number of nitrogens with one attached hydrogen (secondary N) is 2. The topological polar surface area (TPSA) is 95.6 Å². The molecule has 3 aromatic rings. The first kappa shape index (κ1) is 23.4. The van der Waals surface area contributed by atoms with Gasteiger partial charge < -0.3 is 10.2 Å². The fourth-order valence-corrected chi connectivity index (χ4v) is 4.78. The van der Waals surface area contributed by atoms with Crippen LogP contribution in [-0.2, 0) is 15.8 Å².